The first-order valence-electron chi connectivity index (χ1n) is 5.51. The zero-order chi connectivity index (χ0) is 12.5. The molecule has 0 atom stereocenters. The van der Waals surface area contributed by atoms with Crippen LogP contribution in [0, 0.1) is 6.92 Å². The van der Waals surface area contributed by atoms with Crippen molar-refractivity contribution in [1.82, 2.24) is 14.6 Å². The van der Waals surface area contributed by atoms with Crippen LogP contribution in [0.15, 0.2) is 52.6 Å². The number of hydrogen-bond donors (Lipinski definition) is 1. The van der Waals surface area contributed by atoms with E-state index in [-0.39, 0.29) is 5.75 Å². The third kappa shape index (κ3) is 1.93. The first-order chi connectivity index (χ1) is 8.74. The molecule has 18 heavy (non-hydrogen) atoms. The molecule has 0 saturated heterocycles. The summed E-state index contributed by atoms with van der Waals surface area (Å²) in [5, 5.41) is 14.9. The SMILES string of the molecule is Cc1cc2c(Sc3ccccc3O)nccn2n1. The summed E-state index contributed by atoms with van der Waals surface area (Å²) in [7, 11) is 0. The molecular formula is C13H11N3OS. The van der Waals surface area contributed by atoms with Crippen LogP contribution in [0.25, 0.3) is 5.52 Å². The predicted molar refractivity (Wildman–Crippen MR) is 70.0 cm³/mol. The van der Waals surface area contributed by atoms with Gasteiger partial charge in [0, 0.05) is 12.4 Å². The molecule has 0 spiro atoms. The molecule has 0 saturated carbocycles. The lowest BCUT2D eigenvalue weighted by Crippen LogP contribution is -1.90. The smallest absolute Gasteiger partial charge is 0.129 e. The Labute approximate surface area is 108 Å². The molecule has 1 N–H and O–H groups in total. The maximum absolute atomic E-state index is 9.78. The van der Waals surface area contributed by atoms with E-state index in [4.69, 9.17) is 0 Å². The van der Waals surface area contributed by atoms with Gasteiger partial charge in [-0.05, 0) is 25.1 Å². The third-order valence-electron chi connectivity index (χ3n) is 2.55. The Morgan fingerprint density at radius 2 is 2.11 bits per heavy atom. The van der Waals surface area contributed by atoms with Crippen molar-refractivity contribution in [2.45, 2.75) is 16.8 Å². The van der Waals surface area contributed by atoms with Crippen LogP contribution in [0.2, 0.25) is 0 Å². The topological polar surface area (TPSA) is 50.4 Å². The Bertz CT molecular complexity index is 708. The number of rotatable bonds is 2. The quantitative estimate of drug-likeness (QED) is 0.767. The molecule has 0 radical (unpaired) electrons. The van der Waals surface area contributed by atoms with E-state index < -0.39 is 0 Å². The van der Waals surface area contributed by atoms with Gasteiger partial charge in [-0.25, -0.2) is 9.50 Å². The fourth-order valence-corrected chi connectivity index (χ4v) is 2.64. The van der Waals surface area contributed by atoms with Crippen LogP contribution in [0.4, 0.5) is 0 Å². The van der Waals surface area contributed by atoms with Crippen LogP contribution in [0.1, 0.15) is 5.69 Å². The van der Waals surface area contributed by atoms with Crippen molar-refractivity contribution in [3.8, 4) is 5.75 Å². The number of aromatic hydroxyl groups is 1. The number of phenols is 1. The van der Waals surface area contributed by atoms with Gasteiger partial charge in [0.2, 0.25) is 0 Å². The van der Waals surface area contributed by atoms with Crippen LogP contribution >= 0.6 is 11.8 Å². The van der Waals surface area contributed by atoms with Gasteiger partial charge in [-0.1, -0.05) is 23.9 Å². The van der Waals surface area contributed by atoms with Crippen LogP contribution in [0.5, 0.6) is 5.75 Å². The number of aromatic nitrogens is 3. The van der Waals surface area contributed by atoms with Gasteiger partial charge >= 0.3 is 0 Å². The average Bonchev–Trinajstić information content (AvgIpc) is 2.73. The summed E-state index contributed by atoms with van der Waals surface area (Å²) >= 11 is 1.44. The minimum atomic E-state index is 0.266. The molecule has 90 valence electrons. The summed E-state index contributed by atoms with van der Waals surface area (Å²) in [5.41, 5.74) is 1.89. The molecule has 2 heterocycles. The van der Waals surface area contributed by atoms with Crippen LogP contribution in [-0.4, -0.2) is 19.7 Å². The van der Waals surface area contributed by atoms with Crippen molar-refractivity contribution < 1.29 is 5.11 Å². The number of hydrogen-bond acceptors (Lipinski definition) is 4. The van der Waals surface area contributed by atoms with Gasteiger partial charge in [0.1, 0.15) is 10.8 Å². The van der Waals surface area contributed by atoms with Gasteiger partial charge in [-0.3, -0.25) is 0 Å². The van der Waals surface area contributed by atoms with Crippen LogP contribution in [0.3, 0.4) is 0 Å². The monoisotopic (exact) mass is 257 g/mol. The maximum Gasteiger partial charge on any atom is 0.129 e. The standard InChI is InChI=1S/C13H11N3OS/c1-9-8-10-13(14-6-7-16(10)15-9)18-12-5-3-2-4-11(12)17/h2-8,17H,1H3. The highest BCUT2D eigenvalue weighted by molar-refractivity contribution is 7.99. The zero-order valence-electron chi connectivity index (χ0n) is 9.74. The zero-order valence-corrected chi connectivity index (χ0v) is 10.6. The first-order valence-corrected chi connectivity index (χ1v) is 6.32. The molecule has 0 amide bonds. The lowest BCUT2D eigenvalue weighted by atomic mass is 10.3. The maximum atomic E-state index is 9.78. The van der Waals surface area contributed by atoms with E-state index in [1.54, 1.807) is 22.8 Å². The summed E-state index contributed by atoms with van der Waals surface area (Å²) in [4.78, 5) is 5.14. The molecule has 3 rings (SSSR count). The molecule has 4 nitrogen and oxygen atoms in total. The molecule has 3 aromatic rings. The number of phenolic OH excluding ortho intramolecular Hbond substituents is 1. The van der Waals surface area contributed by atoms with Gasteiger partial charge in [-0.2, -0.15) is 5.10 Å². The molecule has 0 aliphatic rings. The van der Waals surface area contributed by atoms with E-state index in [0.29, 0.717) is 0 Å². The summed E-state index contributed by atoms with van der Waals surface area (Å²) < 4.78 is 1.80. The van der Waals surface area contributed by atoms with Gasteiger partial charge in [0.15, 0.2) is 0 Å². The molecule has 0 bridgehead atoms. The van der Waals surface area contributed by atoms with Crippen LogP contribution in [-0.2, 0) is 0 Å². The van der Waals surface area contributed by atoms with E-state index in [1.165, 1.54) is 11.8 Å². The number of nitrogens with zero attached hydrogens (tertiary/aromatic N) is 3. The van der Waals surface area contributed by atoms with E-state index in [2.05, 4.69) is 10.1 Å². The molecule has 0 fully saturated rings. The lowest BCUT2D eigenvalue weighted by Gasteiger charge is -2.04. The normalized spacial score (nSPS) is 10.9. The summed E-state index contributed by atoms with van der Waals surface area (Å²) in [6.07, 6.45) is 3.53. The fraction of sp³-hybridized carbons (Fsp3) is 0.0769. The van der Waals surface area contributed by atoms with Crippen molar-refractivity contribution in [3.05, 3.63) is 48.4 Å². The minimum Gasteiger partial charge on any atom is -0.507 e. The van der Waals surface area contributed by atoms with Crippen molar-refractivity contribution >= 4 is 17.3 Å². The van der Waals surface area contributed by atoms with Gasteiger partial charge < -0.3 is 5.11 Å². The second-order valence-electron chi connectivity index (χ2n) is 3.92. The summed E-state index contributed by atoms with van der Waals surface area (Å²) in [5.74, 6) is 0.266. The van der Waals surface area contributed by atoms with E-state index in [1.807, 2.05) is 31.3 Å². The highest BCUT2D eigenvalue weighted by atomic mass is 32.2. The van der Waals surface area contributed by atoms with E-state index in [0.717, 1.165) is 21.1 Å². The van der Waals surface area contributed by atoms with Crippen molar-refractivity contribution in [3.63, 3.8) is 0 Å². The van der Waals surface area contributed by atoms with Gasteiger partial charge in [0.05, 0.1) is 16.1 Å². The average molecular weight is 257 g/mol. The Hall–Kier alpha value is -2.01. The van der Waals surface area contributed by atoms with Crippen molar-refractivity contribution in [2.24, 2.45) is 0 Å². The second-order valence-corrected chi connectivity index (χ2v) is 4.95. The minimum absolute atomic E-state index is 0.266. The molecule has 5 heteroatoms. The fourth-order valence-electron chi connectivity index (χ4n) is 1.75. The third-order valence-corrected chi connectivity index (χ3v) is 3.62. The highest BCUT2D eigenvalue weighted by Crippen LogP contribution is 2.34. The van der Waals surface area contributed by atoms with Gasteiger partial charge in [0.25, 0.3) is 0 Å². The highest BCUT2D eigenvalue weighted by Gasteiger charge is 2.09. The molecule has 0 aliphatic heterocycles. The van der Waals surface area contributed by atoms with Crippen molar-refractivity contribution in [1.29, 1.82) is 0 Å². The first kappa shape index (κ1) is 11.1. The summed E-state index contributed by atoms with van der Waals surface area (Å²) in [6, 6.07) is 9.22. The van der Waals surface area contributed by atoms with Gasteiger partial charge in [-0.15, -0.1) is 0 Å². The Morgan fingerprint density at radius 3 is 2.94 bits per heavy atom. The Morgan fingerprint density at radius 1 is 1.28 bits per heavy atom. The predicted octanol–water partition coefficient (Wildman–Crippen LogP) is 2.89. The number of benzene rings is 1. The Kier molecular flexibility index (Phi) is 2.68. The molecule has 0 aliphatic carbocycles. The summed E-state index contributed by atoms with van der Waals surface area (Å²) in [6.45, 7) is 1.95. The van der Waals surface area contributed by atoms with E-state index in [9.17, 15) is 5.11 Å². The Balaban J connectivity index is 2.07. The number of fused-ring (bicyclic) bond motifs is 1. The number of para-hydroxylation sites is 1. The molecule has 1 aromatic carbocycles. The molecule has 2 aromatic heterocycles. The van der Waals surface area contributed by atoms with E-state index >= 15 is 0 Å². The largest absolute Gasteiger partial charge is 0.507 e. The second kappa shape index (κ2) is 4.34. The molecule has 0 unspecified atom stereocenters. The van der Waals surface area contributed by atoms with Crippen LogP contribution < -0.4 is 0 Å². The molecular weight excluding hydrogens is 246 g/mol. The lowest BCUT2D eigenvalue weighted by molar-refractivity contribution is 0.462. The van der Waals surface area contributed by atoms with Crippen molar-refractivity contribution in [2.75, 3.05) is 0 Å². The number of aryl methyl sites for hydroxylation is 1.